The predicted octanol–water partition coefficient (Wildman–Crippen LogP) is 15.8. The van der Waals surface area contributed by atoms with Gasteiger partial charge in [0.25, 0.3) is 6.29 Å². The smallest absolute Gasteiger partial charge is 0.361 e. The van der Waals surface area contributed by atoms with Crippen LogP contribution in [-0.2, 0) is 33.3 Å². The topological polar surface area (TPSA) is 108 Å². The SMILES string of the molecule is CC/C=C\C/C=C\C/C=C\C/C=C\C/C=C\C/C=C\CCCCCCCCCCCCCCCCC(=O)OC(COC(=O)CCCCCCCCCCCC)COC(OCC[N+](C)(C)C)C(=O)O. The highest BCUT2D eigenvalue weighted by Gasteiger charge is 2.25. The third-order valence-corrected chi connectivity index (χ3v) is 11.7. The fourth-order valence-corrected chi connectivity index (χ4v) is 7.49. The summed E-state index contributed by atoms with van der Waals surface area (Å²) in [6.45, 7) is 4.75. The second-order valence-electron chi connectivity index (χ2n) is 19.5. The minimum atomic E-state index is -1.51. The number of rotatable bonds is 50. The van der Waals surface area contributed by atoms with E-state index in [0.717, 1.165) is 77.0 Å². The molecule has 2 atom stereocenters. The highest BCUT2D eigenvalue weighted by Crippen LogP contribution is 2.16. The number of nitrogens with zero attached hydrogens (tertiary/aromatic N) is 1. The standard InChI is InChI=1S/C59H103NO8/c1-6-8-10-12-14-16-18-19-20-21-22-23-24-25-26-27-28-29-30-31-32-33-34-35-36-37-38-39-40-42-44-46-48-50-57(62)68-55(54-67-59(58(63)64)65-52-51-60(3,4)5)53-66-56(61)49-47-45-43-41-17-15-13-11-9-7-2/h8,10,14,16,19-20,22-23,25-26,28-29,55,59H,6-7,9,11-13,15,17-18,21,24,27,30-54H2,1-5H3/p+1/b10-8-,16-14-,20-19-,23-22-,26-25-,29-28-. The molecule has 1 N–H and O–H groups in total. The number of hydrogen-bond donors (Lipinski definition) is 1. The molecular weight excluding hydrogens is 851 g/mol. The highest BCUT2D eigenvalue weighted by molar-refractivity contribution is 5.71. The van der Waals surface area contributed by atoms with Crippen LogP contribution in [0.2, 0.25) is 0 Å². The van der Waals surface area contributed by atoms with Crippen molar-refractivity contribution in [2.45, 2.75) is 238 Å². The summed E-state index contributed by atoms with van der Waals surface area (Å²) in [4.78, 5) is 37.2. The van der Waals surface area contributed by atoms with Gasteiger partial charge in [-0.25, -0.2) is 4.79 Å². The van der Waals surface area contributed by atoms with E-state index >= 15 is 0 Å². The Morgan fingerprint density at radius 1 is 0.456 bits per heavy atom. The summed E-state index contributed by atoms with van der Waals surface area (Å²) in [7, 11) is 5.96. The quantitative estimate of drug-likeness (QED) is 0.0211. The highest BCUT2D eigenvalue weighted by atomic mass is 16.7. The first kappa shape index (κ1) is 64.7. The van der Waals surface area contributed by atoms with Crippen molar-refractivity contribution in [3.8, 4) is 0 Å². The lowest BCUT2D eigenvalue weighted by Gasteiger charge is -2.25. The molecule has 0 saturated carbocycles. The van der Waals surface area contributed by atoms with E-state index in [2.05, 4.69) is 86.8 Å². The Balaban J connectivity index is 4.09. The van der Waals surface area contributed by atoms with Crippen molar-refractivity contribution >= 4 is 17.9 Å². The van der Waals surface area contributed by atoms with E-state index in [1.54, 1.807) is 0 Å². The number of hydrogen-bond acceptors (Lipinski definition) is 7. The zero-order valence-corrected chi connectivity index (χ0v) is 44.5. The van der Waals surface area contributed by atoms with Gasteiger partial charge in [-0.15, -0.1) is 0 Å². The number of likely N-dealkylation sites (N-methyl/N-ethyl adjacent to an activating group) is 1. The van der Waals surface area contributed by atoms with Crippen LogP contribution in [0.25, 0.3) is 0 Å². The van der Waals surface area contributed by atoms with Crippen LogP contribution < -0.4 is 0 Å². The van der Waals surface area contributed by atoms with E-state index < -0.39 is 24.3 Å². The van der Waals surface area contributed by atoms with Gasteiger partial charge in [0.1, 0.15) is 13.2 Å². The molecule has 0 radical (unpaired) electrons. The molecule has 0 aliphatic carbocycles. The summed E-state index contributed by atoms with van der Waals surface area (Å²) in [6, 6.07) is 0. The second-order valence-corrected chi connectivity index (χ2v) is 19.5. The Bertz CT molecular complexity index is 1340. The number of ether oxygens (including phenoxy) is 4. The lowest BCUT2D eigenvalue weighted by molar-refractivity contribution is -0.870. The zero-order valence-electron chi connectivity index (χ0n) is 44.5. The third-order valence-electron chi connectivity index (χ3n) is 11.7. The maximum atomic E-state index is 12.8. The molecule has 0 heterocycles. The molecule has 68 heavy (non-hydrogen) atoms. The number of carbonyl (C=O) groups excluding carboxylic acids is 2. The number of quaternary nitrogens is 1. The summed E-state index contributed by atoms with van der Waals surface area (Å²) < 4.78 is 22.8. The molecule has 0 spiro atoms. The van der Waals surface area contributed by atoms with Gasteiger partial charge < -0.3 is 28.5 Å². The first-order chi connectivity index (χ1) is 33.1. The zero-order chi connectivity index (χ0) is 49.9. The Morgan fingerprint density at radius 3 is 1.25 bits per heavy atom. The molecule has 0 bridgehead atoms. The van der Waals surface area contributed by atoms with Crippen molar-refractivity contribution in [1.82, 2.24) is 0 Å². The largest absolute Gasteiger partial charge is 0.477 e. The van der Waals surface area contributed by atoms with Crippen LogP contribution in [0.4, 0.5) is 0 Å². The van der Waals surface area contributed by atoms with Gasteiger partial charge in [-0.1, -0.05) is 222 Å². The fraction of sp³-hybridized carbons (Fsp3) is 0.746. The molecule has 0 fully saturated rings. The summed E-state index contributed by atoms with van der Waals surface area (Å²) in [5, 5.41) is 9.66. The van der Waals surface area contributed by atoms with Crippen LogP contribution in [0.5, 0.6) is 0 Å². The molecule has 0 aromatic heterocycles. The molecule has 0 aromatic rings. The Morgan fingerprint density at radius 2 is 0.838 bits per heavy atom. The molecule has 2 unspecified atom stereocenters. The van der Waals surface area contributed by atoms with Gasteiger partial charge in [0, 0.05) is 12.8 Å². The van der Waals surface area contributed by atoms with Crippen LogP contribution in [0.1, 0.15) is 226 Å². The summed E-state index contributed by atoms with van der Waals surface area (Å²) in [6.07, 6.45) is 61.3. The molecule has 0 rings (SSSR count). The predicted molar refractivity (Wildman–Crippen MR) is 286 cm³/mol. The van der Waals surface area contributed by atoms with E-state index in [-0.39, 0.29) is 32.2 Å². The molecule has 9 heteroatoms. The van der Waals surface area contributed by atoms with Crippen LogP contribution in [-0.4, -0.2) is 87.4 Å². The second kappa shape index (κ2) is 50.1. The molecular formula is C59H104NO8+. The summed E-state index contributed by atoms with van der Waals surface area (Å²) in [5.41, 5.74) is 0. The van der Waals surface area contributed by atoms with Crippen molar-refractivity contribution < 1.29 is 42.9 Å². The molecule has 0 amide bonds. The number of carboxylic acids is 1. The minimum Gasteiger partial charge on any atom is -0.477 e. The van der Waals surface area contributed by atoms with Crippen LogP contribution >= 0.6 is 0 Å². The van der Waals surface area contributed by atoms with Gasteiger partial charge in [0.05, 0.1) is 34.4 Å². The number of carbonyl (C=O) groups is 3. The average molecular weight is 955 g/mol. The van der Waals surface area contributed by atoms with Gasteiger partial charge in [-0.3, -0.25) is 9.59 Å². The molecule has 0 saturated heterocycles. The fourth-order valence-electron chi connectivity index (χ4n) is 7.49. The normalized spacial score (nSPS) is 13.4. The third kappa shape index (κ3) is 50.6. The summed E-state index contributed by atoms with van der Waals surface area (Å²) in [5.74, 6) is -2.00. The van der Waals surface area contributed by atoms with Crippen molar-refractivity contribution in [3.05, 3.63) is 72.9 Å². The van der Waals surface area contributed by atoms with Crippen molar-refractivity contribution in [2.75, 3.05) is 47.5 Å². The molecule has 392 valence electrons. The number of aliphatic carboxylic acids is 1. The Hall–Kier alpha value is -3.27. The number of allylic oxidation sites excluding steroid dienone is 12. The van der Waals surface area contributed by atoms with E-state index in [0.29, 0.717) is 17.4 Å². The summed E-state index contributed by atoms with van der Waals surface area (Å²) >= 11 is 0. The maximum Gasteiger partial charge on any atom is 0.361 e. The molecule has 0 aliphatic heterocycles. The van der Waals surface area contributed by atoms with E-state index in [1.165, 1.54) is 122 Å². The van der Waals surface area contributed by atoms with Crippen molar-refractivity contribution in [1.29, 1.82) is 0 Å². The average Bonchev–Trinajstić information content (AvgIpc) is 3.30. The van der Waals surface area contributed by atoms with Crippen LogP contribution in [0, 0.1) is 0 Å². The number of unbranched alkanes of at least 4 members (excludes halogenated alkanes) is 23. The van der Waals surface area contributed by atoms with Crippen molar-refractivity contribution in [3.63, 3.8) is 0 Å². The van der Waals surface area contributed by atoms with Gasteiger partial charge in [0.2, 0.25) is 0 Å². The van der Waals surface area contributed by atoms with Crippen LogP contribution in [0.15, 0.2) is 72.9 Å². The van der Waals surface area contributed by atoms with E-state index in [4.69, 9.17) is 18.9 Å². The van der Waals surface area contributed by atoms with Gasteiger partial charge >= 0.3 is 17.9 Å². The molecule has 0 aliphatic rings. The lowest BCUT2D eigenvalue weighted by Crippen LogP contribution is -2.40. The Kier molecular flexibility index (Phi) is 47.7. The maximum absolute atomic E-state index is 12.8. The number of esters is 2. The van der Waals surface area contributed by atoms with Crippen molar-refractivity contribution in [2.24, 2.45) is 0 Å². The molecule has 9 nitrogen and oxygen atoms in total. The van der Waals surface area contributed by atoms with Crippen LogP contribution in [0.3, 0.4) is 0 Å². The van der Waals surface area contributed by atoms with Gasteiger partial charge in [-0.2, -0.15) is 0 Å². The minimum absolute atomic E-state index is 0.181. The van der Waals surface area contributed by atoms with Gasteiger partial charge in [-0.05, 0) is 64.2 Å². The number of carboxylic acid groups (broad SMARTS) is 1. The Labute approximate surface area is 417 Å². The van der Waals surface area contributed by atoms with E-state index in [9.17, 15) is 19.5 Å². The first-order valence-electron chi connectivity index (χ1n) is 27.6. The molecule has 0 aromatic carbocycles. The van der Waals surface area contributed by atoms with E-state index in [1.807, 2.05) is 21.1 Å². The monoisotopic (exact) mass is 955 g/mol. The van der Waals surface area contributed by atoms with Gasteiger partial charge in [0.15, 0.2) is 6.10 Å². The lowest BCUT2D eigenvalue weighted by atomic mass is 10.0. The first-order valence-corrected chi connectivity index (χ1v) is 27.6.